The van der Waals surface area contributed by atoms with Crippen LogP contribution in [0.15, 0.2) is 12.4 Å². The highest BCUT2D eigenvalue weighted by atomic mass is 16.5. The quantitative estimate of drug-likeness (QED) is 0.825. The molecule has 19 heavy (non-hydrogen) atoms. The van der Waals surface area contributed by atoms with Gasteiger partial charge in [-0.2, -0.15) is 0 Å². The number of piperidine rings is 1. The summed E-state index contributed by atoms with van der Waals surface area (Å²) in [5, 5.41) is 0. The number of hydrogen-bond acceptors (Lipinski definition) is 5. The summed E-state index contributed by atoms with van der Waals surface area (Å²) in [4.78, 5) is 10.9. The molecule has 2 saturated heterocycles. The average Bonchev–Trinajstić information content (AvgIpc) is 2.96. The number of rotatable bonds is 3. The molecule has 0 aromatic carbocycles. The lowest BCUT2D eigenvalue weighted by atomic mass is 10.1. The highest BCUT2D eigenvalue weighted by molar-refractivity contribution is 5.05. The molecule has 2 aliphatic rings. The van der Waals surface area contributed by atoms with Gasteiger partial charge < -0.3 is 9.47 Å². The van der Waals surface area contributed by atoms with Crippen molar-refractivity contribution in [1.82, 2.24) is 14.9 Å². The van der Waals surface area contributed by atoms with Crippen molar-refractivity contribution < 1.29 is 9.47 Å². The Morgan fingerprint density at radius 3 is 2.58 bits per heavy atom. The van der Waals surface area contributed by atoms with Crippen LogP contribution in [-0.2, 0) is 4.74 Å². The second-order valence-electron chi connectivity index (χ2n) is 5.41. The van der Waals surface area contributed by atoms with Crippen molar-refractivity contribution >= 4 is 0 Å². The topological polar surface area (TPSA) is 47.5 Å². The van der Waals surface area contributed by atoms with E-state index in [1.54, 1.807) is 12.4 Å². The molecule has 0 amide bonds. The van der Waals surface area contributed by atoms with Crippen LogP contribution in [0.4, 0.5) is 0 Å². The van der Waals surface area contributed by atoms with Crippen LogP contribution in [0.5, 0.6) is 6.01 Å². The van der Waals surface area contributed by atoms with Gasteiger partial charge in [0.05, 0.1) is 6.61 Å². The van der Waals surface area contributed by atoms with Crippen LogP contribution >= 0.6 is 0 Å². The summed E-state index contributed by atoms with van der Waals surface area (Å²) >= 11 is 0. The van der Waals surface area contributed by atoms with Crippen LogP contribution in [-0.4, -0.2) is 53.3 Å². The van der Waals surface area contributed by atoms with Crippen molar-refractivity contribution in [3.05, 3.63) is 18.0 Å². The summed E-state index contributed by atoms with van der Waals surface area (Å²) in [5.74, 6) is 0. The van der Waals surface area contributed by atoms with E-state index in [0.717, 1.165) is 44.7 Å². The van der Waals surface area contributed by atoms with Gasteiger partial charge in [0.1, 0.15) is 6.10 Å². The summed E-state index contributed by atoms with van der Waals surface area (Å²) in [6.07, 6.45) is 7.12. The minimum atomic E-state index is 0.251. The van der Waals surface area contributed by atoms with E-state index >= 15 is 0 Å². The molecule has 0 radical (unpaired) electrons. The maximum atomic E-state index is 5.84. The van der Waals surface area contributed by atoms with Gasteiger partial charge in [-0.15, -0.1) is 0 Å². The highest BCUT2D eigenvalue weighted by Crippen LogP contribution is 2.20. The summed E-state index contributed by atoms with van der Waals surface area (Å²) in [7, 11) is 0. The van der Waals surface area contributed by atoms with E-state index in [-0.39, 0.29) is 6.10 Å². The van der Waals surface area contributed by atoms with Crippen LogP contribution in [0.1, 0.15) is 24.8 Å². The molecule has 1 atom stereocenters. The van der Waals surface area contributed by atoms with Crippen LogP contribution in [0, 0.1) is 6.92 Å². The normalized spacial score (nSPS) is 25.6. The van der Waals surface area contributed by atoms with Crippen molar-refractivity contribution in [2.75, 3.05) is 26.3 Å². The molecule has 1 aromatic heterocycles. The average molecular weight is 263 g/mol. The van der Waals surface area contributed by atoms with E-state index in [4.69, 9.17) is 9.47 Å². The minimum absolute atomic E-state index is 0.251. The predicted octanol–water partition coefficient (Wildman–Crippen LogP) is 1.42. The molecule has 104 valence electrons. The van der Waals surface area contributed by atoms with Gasteiger partial charge in [-0.1, -0.05) is 0 Å². The van der Waals surface area contributed by atoms with Crippen molar-refractivity contribution in [2.45, 2.75) is 38.3 Å². The first-order valence-corrected chi connectivity index (χ1v) is 7.08. The Labute approximate surface area is 113 Å². The molecule has 2 fully saturated rings. The summed E-state index contributed by atoms with van der Waals surface area (Å²) in [5.41, 5.74) is 1.06. The molecule has 0 spiro atoms. The van der Waals surface area contributed by atoms with E-state index in [2.05, 4.69) is 14.9 Å². The first kappa shape index (κ1) is 12.8. The van der Waals surface area contributed by atoms with E-state index in [9.17, 15) is 0 Å². The Bertz CT molecular complexity index is 396. The van der Waals surface area contributed by atoms with Gasteiger partial charge in [-0.05, 0) is 31.7 Å². The zero-order chi connectivity index (χ0) is 13.1. The molecule has 1 aromatic rings. The van der Waals surface area contributed by atoms with Crippen molar-refractivity contribution in [3.8, 4) is 6.01 Å². The van der Waals surface area contributed by atoms with Gasteiger partial charge in [0, 0.05) is 38.1 Å². The lowest BCUT2D eigenvalue weighted by Crippen LogP contribution is -2.44. The number of hydrogen-bond donors (Lipinski definition) is 0. The van der Waals surface area contributed by atoms with Crippen molar-refractivity contribution in [3.63, 3.8) is 0 Å². The minimum Gasteiger partial charge on any atom is -0.460 e. The Morgan fingerprint density at radius 2 is 1.95 bits per heavy atom. The van der Waals surface area contributed by atoms with E-state index < -0.39 is 0 Å². The van der Waals surface area contributed by atoms with Crippen LogP contribution in [0.3, 0.4) is 0 Å². The largest absolute Gasteiger partial charge is 0.460 e. The smallest absolute Gasteiger partial charge is 0.316 e. The maximum Gasteiger partial charge on any atom is 0.316 e. The van der Waals surface area contributed by atoms with Crippen LogP contribution in [0.25, 0.3) is 0 Å². The van der Waals surface area contributed by atoms with Crippen LogP contribution in [0.2, 0.25) is 0 Å². The monoisotopic (exact) mass is 263 g/mol. The first-order chi connectivity index (χ1) is 9.31. The van der Waals surface area contributed by atoms with Gasteiger partial charge in [0.15, 0.2) is 0 Å². The number of aryl methyl sites for hydroxylation is 1. The summed E-state index contributed by atoms with van der Waals surface area (Å²) < 4.78 is 11.3. The fourth-order valence-corrected chi connectivity index (χ4v) is 2.76. The van der Waals surface area contributed by atoms with Gasteiger partial charge in [-0.25, -0.2) is 9.97 Å². The molecule has 5 nitrogen and oxygen atoms in total. The molecular formula is C14H21N3O2. The second kappa shape index (κ2) is 5.84. The molecule has 2 aliphatic heterocycles. The Hall–Kier alpha value is -1.20. The predicted molar refractivity (Wildman–Crippen MR) is 71.2 cm³/mol. The Morgan fingerprint density at radius 1 is 1.21 bits per heavy atom. The van der Waals surface area contributed by atoms with Gasteiger partial charge in [0.25, 0.3) is 0 Å². The Kier molecular flexibility index (Phi) is 3.94. The van der Waals surface area contributed by atoms with Gasteiger partial charge in [0.2, 0.25) is 0 Å². The SMILES string of the molecule is Cc1cnc(OC2CCN(C3CCOC3)CC2)nc1. The van der Waals surface area contributed by atoms with E-state index in [0.29, 0.717) is 12.1 Å². The Balaban J connectivity index is 1.48. The lowest BCUT2D eigenvalue weighted by molar-refractivity contribution is 0.0637. The third-order valence-electron chi connectivity index (χ3n) is 3.93. The third kappa shape index (κ3) is 3.22. The highest BCUT2D eigenvalue weighted by Gasteiger charge is 2.28. The summed E-state index contributed by atoms with van der Waals surface area (Å²) in [6, 6.07) is 1.13. The molecule has 0 saturated carbocycles. The zero-order valence-electron chi connectivity index (χ0n) is 11.4. The zero-order valence-corrected chi connectivity index (χ0v) is 11.4. The van der Waals surface area contributed by atoms with E-state index in [1.165, 1.54) is 6.42 Å². The number of ether oxygens (including phenoxy) is 2. The third-order valence-corrected chi connectivity index (χ3v) is 3.93. The number of aromatic nitrogens is 2. The fourth-order valence-electron chi connectivity index (χ4n) is 2.76. The first-order valence-electron chi connectivity index (χ1n) is 7.08. The molecule has 0 N–H and O–H groups in total. The number of nitrogens with zero attached hydrogens (tertiary/aromatic N) is 3. The van der Waals surface area contributed by atoms with Crippen molar-refractivity contribution in [2.24, 2.45) is 0 Å². The molecule has 0 aliphatic carbocycles. The molecular weight excluding hydrogens is 242 g/mol. The summed E-state index contributed by atoms with van der Waals surface area (Å²) in [6.45, 7) is 5.96. The standard InChI is InChI=1S/C14H21N3O2/c1-11-8-15-14(16-9-11)19-13-2-5-17(6-3-13)12-4-7-18-10-12/h8-9,12-13H,2-7,10H2,1H3. The fraction of sp³-hybridized carbons (Fsp3) is 0.714. The number of likely N-dealkylation sites (tertiary alicyclic amines) is 1. The van der Waals surface area contributed by atoms with Gasteiger partial charge >= 0.3 is 6.01 Å². The van der Waals surface area contributed by atoms with Gasteiger partial charge in [-0.3, -0.25) is 4.90 Å². The molecule has 1 unspecified atom stereocenters. The van der Waals surface area contributed by atoms with E-state index in [1.807, 2.05) is 6.92 Å². The second-order valence-corrected chi connectivity index (χ2v) is 5.41. The van der Waals surface area contributed by atoms with Crippen LogP contribution < -0.4 is 4.74 Å². The molecule has 3 rings (SSSR count). The lowest BCUT2D eigenvalue weighted by Gasteiger charge is -2.34. The molecule has 5 heteroatoms. The maximum absolute atomic E-state index is 5.84. The molecule has 0 bridgehead atoms. The van der Waals surface area contributed by atoms with Crippen molar-refractivity contribution in [1.29, 1.82) is 0 Å². The molecule has 3 heterocycles.